The number of thiophene rings is 1. The van der Waals surface area contributed by atoms with Gasteiger partial charge in [0.15, 0.2) is 5.16 Å². The normalized spacial score (nSPS) is 13.7. The predicted octanol–water partition coefficient (Wildman–Crippen LogP) is 4.80. The van der Waals surface area contributed by atoms with E-state index in [1.807, 2.05) is 24.3 Å². The summed E-state index contributed by atoms with van der Waals surface area (Å²) in [4.78, 5) is 33.8. The molecule has 2 N–H and O–H groups in total. The zero-order valence-corrected chi connectivity index (χ0v) is 17.9. The maximum Gasteiger partial charge on any atom is 0.341 e. The largest absolute Gasteiger partial charge is 0.465 e. The highest BCUT2D eigenvalue weighted by Crippen LogP contribution is 2.38. The molecule has 0 aliphatic heterocycles. The summed E-state index contributed by atoms with van der Waals surface area (Å²) in [6, 6.07) is 7.85. The molecular formula is C21H23N3O3S2. The van der Waals surface area contributed by atoms with Crippen molar-refractivity contribution in [3.8, 4) is 0 Å². The van der Waals surface area contributed by atoms with Crippen molar-refractivity contribution in [3.63, 3.8) is 0 Å². The van der Waals surface area contributed by atoms with Gasteiger partial charge in [0.25, 0.3) is 0 Å². The number of methoxy groups -OCH3 is 1. The number of para-hydroxylation sites is 2. The van der Waals surface area contributed by atoms with Crippen LogP contribution in [-0.2, 0) is 22.4 Å². The standard InChI is InChI=1S/C21H23N3O3S2/c1-27-20(26)18-13-7-3-2-4-10-16(13)29-19(18)24-17(25)11-12-28-21-22-14-8-5-6-9-15(14)23-21/h5-6,8-9H,2-4,7,10-12H2,1H3,(H,22,23)(H,24,25). The van der Waals surface area contributed by atoms with E-state index in [1.54, 1.807) is 0 Å². The predicted molar refractivity (Wildman–Crippen MR) is 117 cm³/mol. The Kier molecular flexibility index (Phi) is 6.20. The van der Waals surface area contributed by atoms with Gasteiger partial charge in [-0.2, -0.15) is 0 Å². The molecule has 2 aromatic heterocycles. The van der Waals surface area contributed by atoms with Gasteiger partial charge < -0.3 is 15.0 Å². The molecule has 6 nitrogen and oxygen atoms in total. The molecule has 2 heterocycles. The number of aromatic nitrogens is 2. The molecule has 29 heavy (non-hydrogen) atoms. The average molecular weight is 430 g/mol. The molecule has 0 spiro atoms. The number of nitrogens with zero attached hydrogens (tertiary/aromatic N) is 1. The number of benzene rings is 1. The lowest BCUT2D eigenvalue weighted by Crippen LogP contribution is -2.15. The number of carbonyl (C=O) groups excluding carboxylic acids is 2. The first kappa shape index (κ1) is 20.0. The van der Waals surface area contributed by atoms with Crippen LogP contribution in [0, 0.1) is 0 Å². The van der Waals surface area contributed by atoms with Crippen molar-refractivity contribution >= 4 is 51.0 Å². The monoisotopic (exact) mass is 429 g/mol. The number of hydrogen-bond donors (Lipinski definition) is 2. The summed E-state index contributed by atoms with van der Waals surface area (Å²) in [7, 11) is 1.39. The minimum atomic E-state index is -0.364. The van der Waals surface area contributed by atoms with Gasteiger partial charge in [0, 0.05) is 17.1 Å². The zero-order chi connectivity index (χ0) is 20.2. The van der Waals surface area contributed by atoms with Crippen molar-refractivity contribution in [1.82, 2.24) is 9.97 Å². The SMILES string of the molecule is COC(=O)c1c(NC(=O)CCSc2nc3ccccc3[nH]2)sc2c1CCCCC2. The molecule has 0 saturated carbocycles. The zero-order valence-electron chi connectivity index (χ0n) is 16.2. The number of ether oxygens (including phenoxy) is 1. The molecule has 152 valence electrons. The van der Waals surface area contributed by atoms with Gasteiger partial charge in [-0.25, -0.2) is 9.78 Å². The Morgan fingerprint density at radius 2 is 2.07 bits per heavy atom. The number of amides is 1. The maximum atomic E-state index is 12.5. The Morgan fingerprint density at radius 3 is 2.90 bits per heavy atom. The van der Waals surface area contributed by atoms with Crippen molar-refractivity contribution < 1.29 is 14.3 Å². The number of aryl methyl sites for hydroxylation is 1. The van der Waals surface area contributed by atoms with Crippen LogP contribution in [0.4, 0.5) is 5.00 Å². The quantitative estimate of drug-likeness (QED) is 0.334. The smallest absolute Gasteiger partial charge is 0.341 e. The lowest BCUT2D eigenvalue weighted by atomic mass is 10.1. The van der Waals surface area contributed by atoms with E-state index in [9.17, 15) is 9.59 Å². The number of hydrogen-bond acceptors (Lipinski definition) is 6. The molecule has 1 aliphatic rings. The van der Waals surface area contributed by atoms with Crippen LogP contribution in [-0.4, -0.2) is 34.7 Å². The molecule has 1 amide bonds. The minimum Gasteiger partial charge on any atom is -0.465 e. The van der Waals surface area contributed by atoms with E-state index >= 15 is 0 Å². The van der Waals surface area contributed by atoms with Crippen LogP contribution in [0.25, 0.3) is 11.0 Å². The van der Waals surface area contributed by atoms with Crippen molar-refractivity contribution in [2.24, 2.45) is 0 Å². The molecule has 0 fully saturated rings. The Labute approximate surface area is 177 Å². The summed E-state index contributed by atoms with van der Waals surface area (Å²) in [5.41, 5.74) is 3.52. The lowest BCUT2D eigenvalue weighted by Gasteiger charge is -2.07. The van der Waals surface area contributed by atoms with E-state index in [1.165, 1.54) is 41.5 Å². The first-order chi connectivity index (χ1) is 14.2. The van der Waals surface area contributed by atoms with Gasteiger partial charge in [0.05, 0.1) is 23.7 Å². The number of imidazole rings is 1. The molecular weight excluding hydrogens is 406 g/mol. The van der Waals surface area contributed by atoms with Gasteiger partial charge >= 0.3 is 5.97 Å². The van der Waals surface area contributed by atoms with Gasteiger partial charge in [0.2, 0.25) is 5.91 Å². The lowest BCUT2D eigenvalue weighted by molar-refractivity contribution is -0.115. The summed E-state index contributed by atoms with van der Waals surface area (Å²) in [5, 5.41) is 4.38. The third-order valence-electron chi connectivity index (χ3n) is 5.00. The van der Waals surface area contributed by atoms with Crippen LogP contribution in [0.3, 0.4) is 0 Å². The van der Waals surface area contributed by atoms with Gasteiger partial charge in [-0.05, 0) is 43.4 Å². The molecule has 0 unspecified atom stereocenters. The molecule has 1 aliphatic carbocycles. The minimum absolute atomic E-state index is 0.102. The summed E-state index contributed by atoms with van der Waals surface area (Å²) in [6.07, 6.45) is 5.52. The fourth-order valence-corrected chi connectivity index (χ4v) is 5.70. The molecule has 3 aromatic rings. The molecule has 4 rings (SSSR count). The van der Waals surface area contributed by atoms with Crippen LogP contribution in [0.15, 0.2) is 29.4 Å². The fourth-order valence-electron chi connectivity index (χ4n) is 3.58. The number of anilines is 1. The Bertz CT molecular complexity index is 1010. The summed E-state index contributed by atoms with van der Waals surface area (Å²) in [5.74, 6) is 0.135. The number of esters is 1. The van der Waals surface area contributed by atoms with Gasteiger partial charge in [-0.1, -0.05) is 30.3 Å². The van der Waals surface area contributed by atoms with Gasteiger partial charge in [-0.3, -0.25) is 4.79 Å². The molecule has 0 atom stereocenters. The van der Waals surface area contributed by atoms with E-state index in [4.69, 9.17) is 4.74 Å². The van der Waals surface area contributed by atoms with E-state index in [-0.39, 0.29) is 11.9 Å². The van der Waals surface area contributed by atoms with Crippen molar-refractivity contribution in [3.05, 3.63) is 40.3 Å². The first-order valence-corrected chi connectivity index (χ1v) is 11.6. The highest BCUT2D eigenvalue weighted by atomic mass is 32.2. The second-order valence-electron chi connectivity index (χ2n) is 6.97. The van der Waals surface area contributed by atoms with Gasteiger partial charge in [-0.15, -0.1) is 11.3 Å². The number of H-pyrrole nitrogens is 1. The van der Waals surface area contributed by atoms with E-state index in [0.29, 0.717) is 22.7 Å². The highest BCUT2D eigenvalue weighted by molar-refractivity contribution is 7.99. The molecule has 0 bridgehead atoms. The summed E-state index contributed by atoms with van der Waals surface area (Å²) < 4.78 is 4.99. The van der Waals surface area contributed by atoms with Crippen LogP contribution in [0.1, 0.15) is 46.5 Å². The number of nitrogens with one attached hydrogen (secondary N) is 2. The van der Waals surface area contributed by atoms with Crippen LogP contribution in [0.5, 0.6) is 0 Å². The van der Waals surface area contributed by atoms with Crippen LogP contribution < -0.4 is 5.32 Å². The van der Waals surface area contributed by atoms with E-state index in [2.05, 4.69) is 15.3 Å². The van der Waals surface area contributed by atoms with E-state index in [0.717, 1.165) is 47.4 Å². The highest BCUT2D eigenvalue weighted by Gasteiger charge is 2.26. The van der Waals surface area contributed by atoms with Gasteiger partial charge in [0.1, 0.15) is 5.00 Å². The first-order valence-electron chi connectivity index (χ1n) is 9.76. The Balaban J connectivity index is 1.40. The third-order valence-corrected chi connectivity index (χ3v) is 7.08. The second-order valence-corrected chi connectivity index (χ2v) is 9.15. The molecule has 0 radical (unpaired) electrons. The number of rotatable bonds is 6. The summed E-state index contributed by atoms with van der Waals surface area (Å²) in [6.45, 7) is 0. The average Bonchev–Trinajstić information content (AvgIpc) is 3.20. The maximum absolute atomic E-state index is 12.5. The number of fused-ring (bicyclic) bond motifs is 2. The number of carbonyl (C=O) groups is 2. The topological polar surface area (TPSA) is 84.1 Å². The van der Waals surface area contributed by atoms with Crippen LogP contribution in [0.2, 0.25) is 0 Å². The fraction of sp³-hybridized carbons (Fsp3) is 0.381. The Hall–Kier alpha value is -2.32. The van der Waals surface area contributed by atoms with Crippen molar-refractivity contribution in [2.45, 2.75) is 43.7 Å². The van der Waals surface area contributed by atoms with E-state index < -0.39 is 0 Å². The molecule has 1 aromatic carbocycles. The number of aromatic amines is 1. The third kappa shape index (κ3) is 4.48. The van der Waals surface area contributed by atoms with Crippen molar-refractivity contribution in [1.29, 1.82) is 0 Å². The summed E-state index contributed by atoms with van der Waals surface area (Å²) >= 11 is 3.04. The van der Waals surface area contributed by atoms with Crippen molar-refractivity contribution in [2.75, 3.05) is 18.2 Å². The molecule has 0 saturated heterocycles. The number of thioether (sulfide) groups is 1. The van der Waals surface area contributed by atoms with Crippen LogP contribution >= 0.6 is 23.1 Å². The Morgan fingerprint density at radius 1 is 1.24 bits per heavy atom. The second kappa shape index (κ2) is 9.00. The molecule has 8 heteroatoms.